The minimum Gasteiger partial charge on any atom is -0.354 e. The van der Waals surface area contributed by atoms with E-state index in [2.05, 4.69) is 29.1 Å². The van der Waals surface area contributed by atoms with Crippen LogP contribution >= 0.6 is 0 Å². The van der Waals surface area contributed by atoms with Crippen molar-refractivity contribution in [2.75, 3.05) is 18.4 Å². The third-order valence-corrected chi connectivity index (χ3v) is 2.00. The molecule has 0 aliphatic carbocycles. The molecule has 14 heavy (non-hydrogen) atoms. The van der Waals surface area contributed by atoms with Gasteiger partial charge < -0.3 is 11.1 Å². The monoisotopic (exact) mass is 194 g/mol. The van der Waals surface area contributed by atoms with Gasteiger partial charge >= 0.3 is 0 Å². The van der Waals surface area contributed by atoms with Crippen LogP contribution in [-0.2, 0) is 0 Å². The normalized spacial score (nSPS) is 10.6. The summed E-state index contributed by atoms with van der Waals surface area (Å²) in [6, 6.07) is 0. The molecule has 0 radical (unpaired) electrons. The molecule has 4 nitrogen and oxygen atoms in total. The summed E-state index contributed by atoms with van der Waals surface area (Å²) < 4.78 is 0. The number of aromatic nitrogens is 2. The SMILES string of the molecule is CC(C)c1cnc(NCCCN)nc1. The van der Waals surface area contributed by atoms with Crippen molar-refractivity contribution in [1.29, 1.82) is 0 Å². The zero-order valence-corrected chi connectivity index (χ0v) is 8.83. The average Bonchev–Trinajstić information content (AvgIpc) is 2.19. The molecule has 0 amide bonds. The van der Waals surface area contributed by atoms with Crippen LogP contribution in [0.3, 0.4) is 0 Å². The van der Waals surface area contributed by atoms with Crippen LogP contribution in [0.5, 0.6) is 0 Å². The number of hydrogen-bond donors (Lipinski definition) is 2. The molecule has 0 saturated heterocycles. The van der Waals surface area contributed by atoms with Crippen LogP contribution in [0.1, 0.15) is 31.7 Å². The second kappa shape index (κ2) is 5.54. The van der Waals surface area contributed by atoms with Crippen molar-refractivity contribution in [3.8, 4) is 0 Å². The first-order valence-electron chi connectivity index (χ1n) is 5.00. The number of nitrogens with zero attached hydrogens (tertiary/aromatic N) is 2. The standard InChI is InChI=1S/C10H18N4/c1-8(2)9-6-13-10(14-7-9)12-5-3-4-11/h6-8H,3-5,11H2,1-2H3,(H,12,13,14). The minimum absolute atomic E-state index is 0.480. The van der Waals surface area contributed by atoms with Gasteiger partial charge in [-0.15, -0.1) is 0 Å². The summed E-state index contributed by atoms with van der Waals surface area (Å²) in [5.41, 5.74) is 6.54. The van der Waals surface area contributed by atoms with Gasteiger partial charge in [-0.05, 0) is 24.4 Å². The van der Waals surface area contributed by atoms with Crippen LogP contribution < -0.4 is 11.1 Å². The Bertz CT molecular complexity index is 255. The Kier molecular flexibility index (Phi) is 4.32. The molecule has 0 aromatic carbocycles. The van der Waals surface area contributed by atoms with E-state index in [-0.39, 0.29) is 0 Å². The van der Waals surface area contributed by atoms with Crippen LogP contribution in [0.2, 0.25) is 0 Å². The zero-order chi connectivity index (χ0) is 10.4. The Labute approximate surface area is 85.0 Å². The Balaban J connectivity index is 2.47. The molecular weight excluding hydrogens is 176 g/mol. The topological polar surface area (TPSA) is 63.8 Å². The van der Waals surface area contributed by atoms with Crippen LogP contribution in [0.4, 0.5) is 5.95 Å². The number of nitrogens with two attached hydrogens (primary N) is 1. The molecule has 0 atom stereocenters. The van der Waals surface area contributed by atoms with Gasteiger partial charge in [0, 0.05) is 18.9 Å². The highest BCUT2D eigenvalue weighted by Crippen LogP contribution is 2.11. The van der Waals surface area contributed by atoms with E-state index >= 15 is 0 Å². The smallest absolute Gasteiger partial charge is 0.222 e. The van der Waals surface area contributed by atoms with E-state index in [1.54, 1.807) is 0 Å². The molecule has 0 aliphatic heterocycles. The number of anilines is 1. The summed E-state index contributed by atoms with van der Waals surface area (Å²) in [5, 5.41) is 3.11. The molecule has 0 unspecified atom stereocenters. The summed E-state index contributed by atoms with van der Waals surface area (Å²) in [5.74, 6) is 1.16. The molecule has 1 heterocycles. The second-order valence-corrected chi connectivity index (χ2v) is 3.56. The third-order valence-electron chi connectivity index (χ3n) is 2.00. The average molecular weight is 194 g/mol. The Hall–Kier alpha value is -1.16. The largest absolute Gasteiger partial charge is 0.354 e. The Morgan fingerprint density at radius 1 is 1.36 bits per heavy atom. The van der Waals surface area contributed by atoms with Gasteiger partial charge in [0.2, 0.25) is 5.95 Å². The second-order valence-electron chi connectivity index (χ2n) is 3.56. The molecule has 78 valence electrons. The molecule has 0 spiro atoms. The Morgan fingerprint density at radius 3 is 2.50 bits per heavy atom. The lowest BCUT2D eigenvalue weighted by molar-refractivity contribution is 0.836. The van der Waals surface area contributed by atoms with Gasteiger partial charge in [0.15, 0.2) is 0 Å². The van der Waals surface area contributed by atoms with Crippen molar-refractivity contribution in [2.45, 2.75) is 26.2 Å². The quantitative estimate of drug-likeness (QED) is 0.695. The maximum atomic E-state index is 5.38. The highest BCUT2D eigenvalue weighted by atomic mass is 15.1. The van der Waals surface area contributed by atoms with E-state index in [0.717, 1.165) is 18.5 Å². The maximum Gasteiger partial charge on any atom is 0.222 e. The summed E-state index contributed by atoms with van der Waals surface area (Å²) >= 11 is 0. The predicted molar refractivity (Wildman–Crippen MR) is 58.3 cm³/mol. The molecule has 0 bridgehead atoms. The fraction of sp³-hybridized carbons (Fsp3) is 0.600. The molecule has 1 aromatic heterocycles. The summed E-state index contributed by atoms with van der Waals surface area (Å²) in [4.78, 5) is 8.42. The first kappa shape index (κ1) is 10.9. The fourth-order valence-electron chi connectivity index (χ4n) is 1.03. The van der Waals surface area contributed by atoms with Gasteiger partial charge in [0.05, 0.1) is 0 Å². The third kappa shape index (κ3) is 3.30. The highest BCUT2D eigenvalue weighted by molar-refractivity contribution is 5.25. The molecule has 4 heteroatoms. The van der Waals surface area contributed by atoms with Gasteiger partial charge in [-0.2, -0.15) is 0 Å². The first-order valence-corrected chi connectivity index (χ1v) is 5.00. The van der Waals surface area contributed by atoms with Crippen LogP contribution in [0.15, 0.2) is 12.4 Å². The molecule has 0 fully saturated rings. The molecular formula is C10H18N4. The lowest BCUT2D eigenvalue weighted by Crippen LogP contribution is -2.10. The van der Waals surface area contributed by atoms with Gasteiger partial charge in [0.1, 0.15) is 0 Å². The van der Waals surface area contributed by atoms with Crippen LogP contribution in [-0.4, -0.2) is 23.1 Å². The highest BCUT2D eigenvalue weighted by Gasteiger charge is 2.00. The summed E-state index contributed by atoms with van der Waals surface area (Å²) in [6.07, 6.45) is 4.67. The van der Waals surface area contributed by atoms with Crippen molar-refractivity contribution in [3.63, 3.8) is 0 Å². The lowest BCUT2D eigenvalue weighted by Gasteiger charge is -2.06. The van der Waals surface area contributed by atoms with Crippen LogP contribution in [0.25, 0.3) is 0 Å². The predicted octanol–water partition coefficient (Wildman–Crippen LogP) is 1.36. The minimum atomic E-state index is 0.480. The summed E-state index contributed by atoms with van der Waals surface area (Å²) in [6.45, 7) is 5.77. The zero-order valence-electron chi connectivity index (χ0n) is 8.83. The van der Waals surface area contributed by atoms with E-state index in [1.807, 2.05) is 12.4 Å². The number of nitrogens with one attached hydrogen (secondary N) is 1. The molecule has 3 N–H and O–H groups in total. The van der Waals surface area contributed by atoms with Crippen molar-refractivity contribution < 1.29 is 0 Å². The van der Waals surface area contributed by atoms with E-state index < -0.39 is 0 Å². The van der Waals surface area contributed by atoms with Gasteiger partial charge in [-0.3, -0.25) is 0 Å². The van der Waals surface area contributed by atoms with Gasteiger partial charge in [-0.1, -0.05) is 13.8 Å². The van der Waals surface area contributed by atoms with E-state index in [4.69, 9.17) is 5.73 Å². The first-order chi connectivity index (χ1) is 6.74. The number of hydrogen-bond acceptors (Lipinski definition) is 4. The van der Waals surface area contributed by atoms with Crippen molar-refractivity contribution >= 4 is 5.95 Å². The number of rotatable bonds is 5. The molecule has 1 aromatic rings. The van der Waals surface area contributed by atoms with Crippen molar-refractivity contribution in [3.05, 3.63) is 18.0 Å². The molecule has 0 saturated carbocycles. The molecule has 1 rings (SSSR count). The lowest BCUT2D eigenvalue weighted by atomic mass is 10.1. The van der Waals surface area contributed by atoms with E-state index in [0.29, 0.717) is 18.4 Å². The van der Waals surface area contributed by atoms with Crippen molar-refractivity contribution in [2.24, 2.45) is 5.73 Å². The Morgan fingerprint density at radius 2 is 2.00 bits per heavy atom. The van der Waals surface area contributed by atoms with Crippen LogP contribution in [0, 0.1) is 0 Å². The maximum absolute atomic E-state index is 5.38. The van der Waals surface area contributed by atoms with Crippen molar-refractivity contribution in [1.82, 2.24) is 9.97 Å². The molecule has 0 aliphatic rings. The van der Waals surface area contributed by atoms with E-state index in [9.17, 15) is 0 Å². The fourth-order valence-corrected chi connectivity index (χ4v) is 1.03. The van der Waals surface area contributed by atoms with Gasteiger partial charge in [-0.25, -0.2) is 9.97 Å². The van der Waals surface area contributed by atoms with E-state index in [1.165, 1.54) is 0 Å². The summed E-state index contributed by atoms with van der Waals surface area (Å²) in [7, 11) is 0. The van der Waals surface area contributed by atoms with Gasteiger partial charge in [0.25, 0.3) is 0 Å².